The van der Waals surface area contributed by atoms with Crippen LogP contribution >= 0.6 is 0 Å². The third-order valence-corrected chi connectivity index (χ3v) is 2.41. The zero-order chi connectivity index (χ0) is 8.55. The normalized spacial score (nSPS) is 28.2. The second-order valence-corrected chi connectivity index (χ2v) is 3.27. The first-order valence-electron chi connectivity index (χ1n) is 4.24. The van der Waals surface area contributed by atoms with Gasteiger partial charge in [-0.2, -0.15) is 0 Å². The molecule has 2 rings (SSSR count). The lowest BCUT2D eigenvalue weighted by molar-refractivity contribution is 0.248. The molecule has 0 aliphatic carbocycles. The van der Waals surface area contributed by atoms with Crippen molar-refractivity contribution in [3.05, 3.63) is 35.4 Å². The van der Waals surface area contributed by atoms with Crippen molar-refractivity contribution in [1.29, 1.82) is 0 Å². The highest BCUT2D eigenvalue weighted by Gasteiger charge is 2.24. The summed E-state index contributed by atoms with van der Waals surface area (Å²) in [7, 11) is 0. The number of alkyl halides is 1. The van der Waals surface area contributed by atoms with Crippen LogP contribution in [0.25, 0.3) is 0 Å². The summed E-state index contributed by atoms with van der Waals surface area (Å²) in [4.78, 5) is 0. The van der Waals surface area contributed by atoms with Crippen molar-refractivity contribution in [2.24, 2.45) is 0 Å². The number of fused-ring (bicyclic) bond motifs is 1. The minimum atomic E-state index is -0.852. The molecule has 0 radical (unpaired) electrons. The van der Waals surface area contributed by atoms with E-state index in [1.165, 1.54) is 0 Å². The van der Waals surface area contributed by atoms with E-state index in [0.717, 1.165) is 17.7 Å². The van der Waals surface area contributed by atoms with E-state index in [-0.39, 0.29) is 6.04 Å². The maximum absolute atomic E-state index is 13.5. The molecule has 1 heterocycles. The van der Waals surface area contributed by atoms with Crippen LogP contribution in [-0.4, -0.2) is 6.04 Å². The van der Waals surface area contributed by atoms with Crippen LogP contribution in [-0.2, 0) is 6.54 Å². The lowest BCUT2D eigenvalue weighted by Gasteiger charge is -2.26. The first-order chi connectivity index (χ1) is 5.79. The molecule has 1 aliphatic heterocycles. The zero-order valence-electron chi connectivity index (χ0n) is 7.05. The van der Waals surface area contributed by atoms with Gasteiger partial charge in [-0.3, -0.25) is 0 Å². The Labute approximate surface area is 71.6 Å². The molecule has 0 saturated heterocycles. The zero-order valence-corrected chi connectivity index (χ0v) is 7.05. The van der Waals surface area contributed by atoms with Crippen LogP contribution in [0.2, 0.25) is 0 Å². The Morgan fingerprint density at radius 2 is 2.17 bits per heavy atom. The van der Waals surface area contributed by atoms with Crippen LogP contribution in [0.5, 0.6) is 0 Å². The predicted octanol–water partition coefficient (Wildman–Crippen LogP) is 2.19. The van der Waals surface area contributed by atoms with E-state index in [4.69, 9.17) is 0 Å². The summed E-state index contributed by atoms with van der Waals surface area (Å²) in [6.07, 6.45) is -0.852. The molecule has 1 aliphatic rings. The number of hydrogen-bond acceptors (Lipinski definition) is 1. The Bertz CT molecular complexity index is 285. The molecule has 1 nitrogen and oxygen atoms in total. The fraction of sp³-hybridized carbons (Fsp3) is 0.400. The Kier molecular flexibility index (Phi) is 1.85. The van der Waals surface area contributed by atoms with Crippen LogP contribution in [0, 0.1) is 0 Å². The van der Waals surface area contributed by atoms with Gasteiger partial charge in [0, 0.05) is 12.6 Å². The standard InChI is InChI=1S/C10H12FN/c1-7-10(11)9-5-3-2-4-8(9)6-12-7/h2-5,7,10,12H,6H2,1H3/t7-,10+/m1/s1. The van der Waals surface area contributed by atoms with Gasteiger partial charge in [0.1, 0.15) is 6.17 Å². The summed E-state index contributed by atoms with van der Waals surface area (Å²) < 4.78 is 13.5. The molecule has 0 spiro atoms. The molecular weight excluding hydrogens is 153 g/mol. The third-order valence-electron chi connectivity index (χ3n) is 2.41. The van der Waals surface area contributed by atoms with Gasteiger partial charge in [0.15, 0.2) is 0 Å². The Hall–Kier alpha value is -0.890. The van der Waals surface area contributed by atoms with Gasteiger partial charge in [0.2, 0.25) is 0 Å². The van der Waals surface area contributed by atoms with Gasteiger partial charge in [-0.15, -0.1) is 0 Å². The Morgan fingerprint density at radius 1 is 1.42 bits per heavy atom. The van der Waals surface area contributed by atoms with Crippen molar-refractivity contribution in [3.8, 4) is 0 Å². The summed E-state index contributed by atoms with van der Waals surface area (Å²) in [5.41, 5.74) is 1.94. The van der Waals surface area contributed by atoms with Crippen molar-refractivity contribution in [3.63, 3.8) is 0 Å². The molecule has 1 aromatic carbocycles. The number of benzene rings is 1. The minimum Gasteiger partial charge on any atom is -0.307 e. The van der Waals surface area contributed by atoms with Crippen molar-refractivity contribution in [1.82, 2.24) is 5.32 Å². The maximum atomic E-state index is 13.5. The Balaban J connectivity index is 2.42. The monoisotopic (exact) mass is 165 g/mol. The number of hydrogen-bond donors (Lipinski definition) is 1. The highest BCUT2D eigenvalue weighted by atomic mass is 19.1. The van der Waals surface area contributed by atoms with Crippen molar-refractivity contribution >= 4 is 0 Å². The van der Waals surface area contributed by atoms with Crippen molar-refractivity contribution in [2.75, 3.05) is 0 Å². The summed E-state index contributed by atoms with van der Waals surface area (Å²) in [5, 5.41) is 3.11. The van der Waals surface area contributed by atoms with E-state index < -0.39 is 6.17 Å². The molecule has 0 bridgehead atoms. The van der Waals surface area contributed by atoms with Crippen molar-refractivity contribution < 1.29 is 4.39 Å². The topological polar surface area (TPSA) is 12.0 Å². The van der Waals surface area contributed by atoms with Crippen LogP contribution in [0.3, 0.4) is 0 Å². The van der Waals surface area contributed by atoms with Gasteiger partial charge in [0.25, 0.3) is 0 Å². The first kappa shape index (κ1) is 7.74. The van der Waals surface area contributed by atoms with Gasteiger partial charge >= 0.3 is 0 Å². The van der Waals surface area contributed by atoms with E-state index in [1.807, 2.05) is 31.2 Å². The average Bonchev–Trinajstić information content (AvgIpc) is 2.12. The SMILES string of the molecule is C[C@H]1NCc2ccccc2[C@H]1F. The van der Waals surface area contributed by atoms with Crippen LogP contribution in [0.4, 0.5) is 4.39 Å². The Morgan fingerprint density at radius 3 is 3.00 bits per heavy atom. The van der Waals surface area contributed by atoms with Gasteiger partial charge in [-0.25, -0.2) is 4.39 Å². The summed E-state index contributed by atoms with van der Waals surface area (Å²) in [6, 6.07) is 7.63. The average molecular weight is 165 g/mol. The van der Waals surface area contributed by atoms with Crippen LogP contribution in [0.1, 0.15) is 24.2 Å². The second-order valence-electron chi connectivity index (χ2n) is 3.27. The summed E-state index contributed by atoms with van der Waals surface area (Å²) in [6.45, 7) is 2.67. The molecule has 0 amide bonds. The lowest BCUT2D eigenvalue weighted by atomic mass is 9.95. The molecule has 0 aromatic heterocycles. The van der Waals surface area contributed by atoms with E-state index in [1.54, 1.807) is 0 Å². The van der Waals surface area contributed by atoms with Crippen molar-refractivity contribution in [2.45, 2.75) is 25.7 Å². The van der Waals surface area contributed by atoms with Gasteiger partial charge in [0.05, 0.1) is 0 Å². The minimum absolute atomic E-state index is 0.0556. The predicted molar refractivity (Wildman–Crippen MR) is 46.6 cm³/mol. The third kappa shape index (κ3) is 1.12. The number of rotatable bonds is 0. The molecule has 0 fully saturated rings. The fourth-order valence-electron chi connectivity index (χ4n) is 1.61. The maximum Gasteiger partial charge on any atom is 0.140 e. The molecule has 2 atom stereocenters. The molecule has 0 unspecified atom stereocenters. The number of nitrogens with one attached hydrogen (secondary N) is 1. The summed E-state index contributed by atoms with van der Waals surface area (Å²) in [5.74, 6) is 0. The fourth-order valence-corrected chi connectivity index (χ4v) is 1.61. The molecular formula is C10H12FN. The largest absolute Gasteiger partial charge is 0.307 e. The van der Waals surface area contributed by atoms with Gasteiger partial charge in [-0.1, -0.05) is 24.3 Å². The molecule has 64 valence electrons. The molecule has 2 heteroatoms. The van der Waals surface area contributed by atoms with Crippen LogP contribution in [0.15, 0.2) is 24.3 Å². The second kappa shape index (κ2) is 2.87. The van der Waals surface area contributed by atoms with Gasteiger partial charge < -0.3 is 5.32 Å². The molecule has 1 N–H and O–H groups in total. The first-order valence-corrected chi connectivity index (χ1v) is 4.24. The van der Waals surface area contributed by atoms with E-state index in [0.29, 0.717) is 0 Å². The van der Waals surface area contributed by atoms with E-state index >= 15 is 0 Å². The van der Waals surface area contributed by atoms with Crippen LogP contribution < -0.4 is 5.32 Å². The molecule has 0 saturated carbocycles. The number of halogens is 1. The van der Waals surface area contributed by atoms with E-state index in [9.17, 15) is 4.39 Å². The molecule has 12 heavy (non-hydrogen) atoms. The highest BCUT2D eigenvalue weighted by Crippen LogP contribution is 2.28. The van der Waals surface area contributed by atoms with Gasteiger partial charge in [-0.05, 0) is 18.1 Å². The molecule has 1 aromatic rings. The highest BCUT2D eigenvalue weighted by molar-refractivity contribution is 5.31. The smallest absolute Gasteiger partial charge is 0.140 e. The van der Waals surface area contributed by atoms with E-state index in [2.05, 4.69) is 5.32 Å². The lowest BCUT2D eigenvalue weighted by Crippen LogP contribution is -2.35. The summed E-state index contributed by atoms with van der Waals surface area (Å²) >= 11 is 0. The quantitative estimate of drug-likeness (QED) is 0.621.